The van der Waals surface area contributed by atoms with E-state index in [0.29, 0.717) is 37.1 Å². The Bertz CT molecular complexity index is 607. The molecule has 0 spiro atoms. The Morgan fingerprint density at radius 3 is 2.64 bits per heavy atom. The Kier molecular flexibility index (Phi) is 5.46. The van der Waals surface area contributed by atoms with Crippen LogP contribution >= 0.6 is 0 Å². The monoisotopic (exact) mass is 303 g/mol. The van der Waals surface area contributed by atoms with E-state index in [2.05, 4.69) is 34.7 Å². The molecule has 0 saturated carbocycles. The van der Waals surface area contributed by atoms with Crippen molar-refractivity contribution in [1.82, 2.24) is 25.5 Å². The van der Waals surface area contributed by atoms with Crippen LogP contribution < -0.4 is 10.1 Å². The number of aryl methyl sites for hydroxylation is 1. The van der Waals surface area contributed by atoms with E-state index in [1.807, 2.05) is 24.3 Å². The molecule has 0 saturated heterocycles. The first-order chi connectivity index (χ1) is 10.5. The lowest BCUT2D eigenvalue weighted by molar-refractivity contribution is -0.120. The summed E-state index contributed by atoms with van der Waals surface area (Å²) in [4.78, 5) is 11.8. The quantitative estimate of drug-likeness (QED) is 0.828. The Balaban J connectivity index is 1.82. The molecular weight excluding hydrogens is 282 g/mol. The fraction of sp³-hybridized carbons (Fsp3) is 0.467. The second-order valence-electron chi connectivity index (χ2n) is 5.53. The van der Waals surface area contributed by atoms with Crippen LogP contribution in [-0.2, 0) is 24.9 Å². The van der Waals surface area contributed by atoms with Gasteiger partial charge in [0, 0.05) is 13.6 Å². The molecule has 0 aliphatic heterocycles. The number of amides is 1. The standard InChI is InChI=1S/C15H21N5O2/c1-11(2)9-16-15(21)8-12-4-6-13(7-5-12)22-10-14-17-18-19-20(14)3/h4-7,11H,8-10H2,1-3H3,(H,16,21). The number of hydrogen-bond acceptors (Lipinski definition) is 5. The maximum atomic E-state index is 11.8. The molecule has 2 aromatic rings. The van der Waals surface area contributed by atoms with Crippen LogP contribution in [0.4, 0.5) is 0 Å². The molecule has 2 rings (SSSR count). The van der Waals surface area contributed by atoms with E-state index >= 15 is 0 Å². The zero-order valence-corrected chi connectivity index (χ0v) is 13.1. The Morgan fingerprint density at radius 1 is 1.32 bits per heavy atom. The third-order valence-electron chi connectivity index (χ3n) is 3.07. The molecule has 0 unspecified atom stereocenters. The van der Waals surface area contributed by atoms with Crippen molar-refractivity contribution in [3.63, 3.8) is 0 Å². The smallest absolute Gasteiger partial charge is 0.224 e. The number of tetrazole rings is 1. The normalized spacial score (nSPS) is 10.7. The highest BCUT2D eigenvalue weighted by molar-refractivity contribution is 5.78. The van der Waals surface area contributed by atoms with Gasteiger partial charge in [-0.15, -0.1) is 5.10 Å². The molecule has 0 radical (unpaired) electrons. The van der Waals surface area contributed by atoms with Gasteiger partial charge in [0.05, 0.1) is 6.42 Å². The molecular formula is C15H21N5O2. The molecule has 1 heterocycles. The van der Waals surface area contributed by atoms with E-state index in [0.717, 1.165) is 5.56 Å². The first kappa shape index (κ1) is 15.9. The summed E-state index contributed by atoms with van der Waals surface area (Å²) in [5.41, 5.74) is 0.953. The molecule has 0 bridgehead atoms. The van der Waals surface area contributed by atoms with Crippen molar-refractivity contribution in [2.24, 2.45) is 13.0 Å². The van der Waals surface area contributed by atoms with Gasteiger partial charge < -0.3 is 10.1 Å². The topological polar surface area (TPSA) is 81.9 Å². The van der Waals surface area contributed by atoms with Crippen molar-refractivity contribution in [3.05, 3.63) is 35.7 Å². The summed E-state index contributed by atoms with van der Waals surface area (Å²) in [7, 11) is 1.76. The fourth-order valence-corrected chi connectivity index (χ4v) is 1.79. The largest absolute Gasteiger partial charge is 0.486 e. The molecule has 1 amide bonds. The van der Waals surface area contributed by atoms with E-state index in [9.17, 15) is 4.79 Å². The van der Waals surface area contributed by atoms with E-state index in [1.165, 1.54) is 0 Å². The van der Waals surface area contributed by atoms with Gasteiger partial charge in [0.1, 0.15) is 12.4 Å². The molecule has 1 aromatic carbocycles. The maximum absolute atomic E-state index is 11.8. The molecule has 7 heteroatoms. The first-order valence-corrected chi connectivity index (χ1v) is 7.24. The van der Waals surface area contributed by atoms with Gasteiger partial charge in [-0.3, -0.25) is 4.79 Å². The number of ether oxygens (including phenoxy) is 1. The van der Waals surface area contributed by atoms with Gasteiger partial charge in [-0.25, -0.2) is 4.68 Å². The van der Waals surface area contributed by atoms with Gasteiger partial charge >= 0.3 is 0 Å². The van der Waals surface area contributed by atoms with E-state index in [4.69, 9.17) is 4.74 Å². The molecule has 0 aliphatic carbocycles. The van der Waals surface area contributed by atoms with Crippen molar-refractivity contribution < 1.29 is 9.53 Å². The predicted octanol–water partition coefficient (Wildman–Crippen LogP) is 1.10. The van der Waals surface area contributed by atoms with Gasteiger partial charge in [-0.1, -0.05) is 26.0 Å². The van der Waals surface area contributed by atoms with Crippen LogP contribution in [0, 0.1) is 5.92 Å². The van der Waals surface area contributed by atoms with E-state index in [1.54, 1.807) is 11.7 Å². The highest BCUT2D eigenvalue weighted by Crippen LogP contribution is 2.13. The molecule has 1 aromatic heterocycles. The summed E-state index contributed by atoms with van der Waals surface area (Å²) < 4.78 is 7.17. The molecule has 7 nitrogen and oxygen atoms in total. The Hall–Kier alpha value is -2.44. The molecule has 0 aliphatic rings. The SMILES string of the molecule is CC(C)CNC(=O)Cc1ccc(OCc2nnnn2C)cc1. The molecule has 22 heavy (non-hydrogen) atoms. The number of aromatic nitrogens is 4. The minimum atomic E-state index is 0.0347. The Morgan fingerprint density at radius 2 is 2.05 bits per heavy atom. The van der Waals surface area contributed by atoms with Crippen LogP contribution in [0.15, 0.2) is 24.3 Å². The zero-order valence-electron chi connectivity index (χ0n) is 13.1. The van der Waals surface area contributed by atoms with Crippen molar-refractivity contribution in [1.29, 1.82) is 0 Å². The fourth-order valence-electron chi connectivity index (χ4n) is 1.79. The molecule has 0 atom stereocenters. The minimum Gasteiger partial charge on any atom is -0.486 e. The maximum Gasteiger partial charge on any atom is 0.224 e. The van der Waals surface area contributed by atoms with Crippen LogP contribution in [-0.4, -0.2) is 32.7 Å². The van der Waals surface area contributed by atoms with Crippen molar-refractivity contribution in [3.8, 4) is 5.75 Å². The van der Waals surface area contributed by atoms with Gasteiger partial charge in [0.2, 0.25) is 5.91 Å². The van der Waals surface area contributed by atoms with Crippen LogP contribution in [0.2, 0.25) is 0 Å². The third-order valence-corrected chi connectivity index (χ3v) is 3.07. The highest BCUT2D eigenvalue weighted by Gasteiger charge is 2.06. The minimum absolute atomic E-state index is 0.0347. The summed E-state index contributed by atoms with van der Waals surface area (Å²) in [6, 6.07) is 7.46. The number of carbonyl (C=O) groups excluding carboxylic acids is 1. The lowest BCUT2D eigenvalue weighted by Gasteiger charge is -2.08. The predicted molar refractivity (Wildman–Crippen MR) is 81.1 cm³/mol. The summed E-state index contributed by atoms with van der Waals surface area (Å²) >= 11 is 0. The Labute approximate surface area is 129 Å². The zero-order chi connectivity index (χ0) is 15.9. The second kappa shape index (κ2) is 7.53. The molecule has 0 fully saturated rings. The van der Waals surface area contributed by atoms with E-state index in [-0.39, 0.29) is 5.91 Å². The number of hydrogen-bond donors (Lipinski definition) is 1. The highest BCUT2D eigenvalue weighted by atomic mass is 16.5. The number of nitrogens with zero attached hydrogens (tertiary/aromatic N) is 4. The third kappa shape index (κ3) is 4.83. The lowest BCUT2D eigenvalue weighted by atomic mass is 10.1. The second-order valence-corrected chi connectivity index (χ2v) is 5.53. The van der Waals surface area contributed by atoms with Gasteiger partial charge in [0.15, 0.2) is 5.82 Å². The van der Waals surface area contributed by atoms with Gasteiger partial charge in [-0.2, -0.15) is 0 Å². The average Bonchev–Trinajstić information content (AvgIpc) is 2.90. The average molecular weight is 303 g/mol. The van der Waals surface area contributed by atoms with Gasteiger partial charge in [0.25, 0.3) is 0 Å². The molecule has 1 N–H and O–H groups in total. The lowest BCUT2D eigenvalue weighted by Crippen LogP contribution is -2.28. The van der Waals surface area contributed by atoms with Crippen molar-refractivity contribution in [2.45, 2.75) is 26.9 Å². The van der Waals surface area contributed by atoms with Crippen LogP contribution in [0.1, 0.15) is 25.2 Å². The van der Waals surface area contributed by atoms with Crippen molar-refractivity contribution in [2.75, 3.05) is 6.54 Å². The van der Waals surface area contributed by atoms with Crippen LogP contribution in [0.3, 0.4) is 0 Å². The number of rotatable bonds is 7. The molecule has 118 valence electrons. The van der Waals surface area contributed by atoms with Crippen molar-refractivity contribution >= 4 is 5.91 Å². The van der Waals surface area contributed by atoms with Crippen LogP contribution in [0.25, 0.3) is 0 Å². The first-order valence-electron chi connectivity index (χ1n) is 7.24. The van der Waals surface area contributed by atoms with E-state index < -0.39 is 0 Å². The summed E-state index contributed by atoms with van der Waals surface area (Å²) in [5, 5.41) is 14.0. The summed E-state index contributed by atoms with van der Waals surface area (Å²) in [6.07, 6.45) is 0.375. The summed E-state index contributed by atoms with van der Waals surface area (Å²) in [6.45, 7) is 5.14. The van der Waals surface area contributed by atoms with Crippen LogP contribution in [0.5, 0.6) is 5.75 Å². The number of carbonyl (C=O) groups is 1. The van der Waals surface area contributed by atoms with Gasteiger partial charge in [-0.05, 0) is 34.0 Å². The summed E-state index contributed by atoms with van der Waals surface area (Å²) in [5.74, 6) is 1.86. The number of nitrogens with one attached hydrogen (secondary N) is 1. The number of benzene rings is 1.